The van der Waals surface area contributed by atoms with Crippen molar-refractivity contribution in [3.8, 4) is 0 Å². The van der Waals surface area contributed by atoms with E-state index >= 15 is 0 Å². The topological polar surface area (TPSA) is 109 Å². The molecule has 4 N–H and O–H groups in total. The molecule has 0 aromatic carbocycles. The summed E-state index contributed by atoms with van der Waals surface area (Å²) in [5.41, 5.74) is 0. The Morgan fingerprint density at radius 2 is 1.14 bits per heavy atom. The van der Waals surface area contributed by atoms with Crippen LogP contribution in [0, 0.1) is 0 Å². The molecular formula is C14H32O7. The van der Waals surface area contributed by atoms with Crippen molar-refractivity contribution in [1.29, 1.82) is 0 Å². The van der Waals surface area contributed by atoms with Gasteiger partial charge in [-0.15, -0.1) is 0 Å². The monoisotopic (exact) mass is 312 g/mol. The van der Waals surface area contributed by atoms with Gasteiger partial charge in [0.15, 0.2) is 6.29 Å². The second-order valence-corrected chi connectivity index (χ2v) is 4.26. The lowest BCUT2D eigenvalue weighted by Crippen LogP contribution is -2.11. The molecular weight excluding hydrogens is 280 g/mol. The summed E-state index contributed by atoms with van der Waals surface area (Å²) >= 11 is 0. The van der Waals surface area contributed by atoms with Crippen LogP contribution in [0.2, 0.25) is 0 Å². The fourth-order valence-corrected chi connectivity index (χ4v) is 1.25. The molecule has 0 aromatic heterocycles. The predicted octanol–water partition coefficient (Wildman–Crippen LogP) is -0.102. The van der Waals surface area contributed by atoms with Crippen LogP contribution in [0.5, 0.6) is 0 Å². The standard InChI is InChI=1S/C8H18O5.C6H14O2/c9-1-3-11-5-7-13-8-6-12-4-2-10;1-2-3-4-5-6(7)8/h9-10H,1-8H2;6-8H,2-5H2,1H3. The fraction of sp³-hybridized carbons (Fsp3) is 1.00. The van der Waals surface area contributed by atoms with E-state index in [-0.39, 0.29) is 13.2 Å². The number of hydrogen-bond acceptors (Lipinski definition) is 7. The molecule has 0 radical (unpaired) electrons. The first-order chi connectivity index (χ1) is 10.2. The lowest BCUT2D eigenvalue weighted by molar-refractivity contribution is -0.0465. The highest BCUT2D eigenvalue weighted by molar-refractivity contribution is 4.40. The molecule has 0 aliphatic rings. The van der Waals surface area contributed by atoms with Crippen molar-refractivity contribution in [3.05, 3.63) is 0 Å². The Balaban J connectivity index is 0. The number of aliphatic hydroxyl groups is 4. The molecule has 0 saturated carbocycles. The molecule has 0 saturated heterocycles. The van der Waals surface area contributed by atoms with Gasteiger partial charge in [0, 0.05) is 0 Å². The first-order valence-corrected chi connectivity index (χ1v) is 7.50. The van der Waals surface area contributed by atoms with E-state index in [0.29, 0.717) is 46.1 Å². The highest BCUT2D eigenvalue weighted by Crippen LogP contribution is 1.99. The van der Waals surface area contributed by atoms with E-state index in [1.54, 1.807) is 0 Å². The summed E-state index contributed by atoms with van der Waals surface area (Å²) in [6.45, 7) is 4.85. The van der Waals surface area contributed by atoms with Crippen LogP contribution in [0.4, 0.5) is 0 Å². The van der Waals surface area contributed by atoms with Crippen LogP contribution in [-0.4, -0.2) is 79.6 Å². The molecule has 0 spiro atoms. The van der Waals surface area contributed by atoms with E-state index in [1.165, 1.54) is 0 Å². The van der Waals surface area contributed by atoms with Crippen molar-refractivity contribution < 1.29 is 34.6 Å². The third-order valence-electron chi connectivity index (χ3n) is 2.28. The maximum Gasteiger partial charge on any atom is 0.151 e. The summed E-state index contributed by atoms with van der Waals surface area (Å²) in [6.07, 6.45) is 2.58. The van der Waals surface area contributed by atoms with Gasteiger partial charge in [-0.25, -0.2) is 0 Å². The first kappa shape index (κ1) is 23.0. The summed E-state index contributed by atoms with van der Waals surface area (Å²) in [4.78, 5) is 0. The second-order valence-electron chi connectivity index (χ2n) is 4.26. The van der Waals surface area contributed by atoms with Crippen LogP contribution in [-0.2, 0) is 14.2 Å². The summed E-state index contributed by atoms with van der Waals surface area (Å²) in [6, 6.07) is 0. The largest absolute Gasteiger partial charge is 0.394 e. The zero-order chi connectivity index (χ0) is 16.2. The number of aliphatic hydroxyl groups excluding tert-OH is 3. The number of hydrogen-bond donors (Lipinski definition) is 4. The van der Waals surface area contributed by atoms with Crippen LogP contribution in [0.15, 0.2) is 0 Å². The first-order valence-electron chi connectivity index (χ1n) is 7.50. The number of unbranched alkanes of at least 4 members (excludes halogenated alkanes) is 2. The van der Waals surface area contributed by atoms with Gasteiger partial charge in [-0.05, 0) is 12.8 Å². The molecule has 0 bridgehead atoms. The molecule has 0 unspecified atom stereocenters. The quantitative estimate of drug-likeness (QED) is 0.262. The van der Waals surface area contributed by atoms with E-state index in [9.17, 15) is 0 Å². The summed E-state index contributed by atoms with van der Waals surface area (Å²) in [5, 5.41) is 33.4. The van der Waals surface area contributed by atoms with Crippen molar-refractivity contribution in [2.24, 2.45) is 0 Å². The van der Waals surface area contributed by atoms with E-state index in [1.807, 2.05) is 0 Å². The summed E-state index contributed by atoms with van der Waals surface area (Å²) in [7, 11) is 0. The van der Waals surface area contributed by atoms with Gasteiger partial charge >= 0.3 is 0 Å². The SMILES string of the molecule is CCCCCC(O)O.OCCOCCOCCOCCO. The minimum atomic E-state index is -1.10. The number of ether oxygens (including phenoxy) is 3. The highest BCUT2D eigenvalue weighted by Gasteiger charge is 1.93. The molecule has 0 atom stereocenters. The van der Waals surface area contributed by atoms with E-state index in [2.05, 4.69) is 6.92 Å². The third-order valence-corrected chi connectivity index (χ3v) is 2.28. The van der Waals surface area contributed by atoms with Crippen molar-refractivity contribution in [2.45, 2.75) is 38.9 Å². The van der Waals surface area contributed by atoms with Gasteiger partial charge in [-0.1, -0.05) is 19.8 Å². The average molecular weight is 312 g/mol. The summed E-state index contributed by atoms with van der Waals surface area (Å²) in [5.74, 6) is 0. The molecule has 7 nitrogen and oxygen atoms in total. The van der Waals surface area contributed by atoms with Gasteiger partial charge in [0.05, 0.1) is 52.9 Å². The fourth-order valence-electron chi connectivity index (χ4n) is 1.25. The molecule has 0 amide bonds. The Labute approximate surface area is 127 Å². The van der Waals surface area contributed by atoms with Gasteiger partial charge in [0.1, 0.15) is 0 Å². The molecule has 0 heterocycles. The molecule has 0 aromatic rings. The maximum absolute atomic E-state index is 8.36. The smallest absolute Gasteiger partial charge is 0.151 e. The molecule has 0 aliphatic carbocycles. The van der Waals surface area contributed by atoms with Gasteiger partial charge in [0.2, 0.25) is 0 Å². The van der Waals surface area contributed by atoms with Crippen molar-refractivity contribution in [2.75, 3.05) is 52.9 Å². The minimum absolute atomic E-state index is 0.0413. The molecule has 7 heteroatoms. The van der Waals surface area contributed by atoms with E-state index < -0.39 is 6.29 Å². The highest BCUT2D eigenvalue weighted by atomic mass is 16.5. The minimum Gasteiger partial charge on any atom is -0.394 e. The zero-order valence-corrected chi connectivity index (χ0v) is 13.1. The van der Waals surface area contributed by atoms with Gasteiger partial charge < -0.3 is 34.6 Å². The predicted molar refractivity (Wildman–Crippen MR) is 79.0 cm³/mol. The lowest BCUT2D eigenvalue weighted by atomic mass is 10.2. The number of rotatable bonds is 14. The Morgan fingerprint density at radius 3 is 1.48 bits per heavy atom. The average Bonchev–Trinajstić information content (AvgIpc) is 2.46. The molecule has 0 fully saturated rings. The Bertz CT molecular complexity index is 157. The van der Waals surface area contributed by atoms with Crippen LogP contribution in [0.3, 0.4) is 0 Å². The van der Waals surface area contributed by atoms with E-state index in [0.717, 1.165) is 19.3 Å². The van der Waals surface area contributed by atoms with Crippen LogP contribution < -0.4 is 0 Å². The van der Waals surface area contributed by atoms with Crippen LogP contribution in [0.1, 0.15) is 32.6 Å². The maximum atomic E-state index is 8.36. The molecule has 0 aliphatic heterocycles. The lowest BCUT2D eigenvalue weighted by Gasteiger charge is -2.04. The Kier molecular flexibility index (Phi) is 24.1. The molecule has 21 heavy (non-hydrogen) atoms. The van der Waals surface area contributed by atoms with Gasteiger partial charge in [0.25, 0.3) is 0 Å². The van der Waals surface area contributed by atoms with Crippen LogP contribution in [0.25, 0.3) is 0 Å². The Hall–Kier alpha value is -0.280. The normalized spacial score (nSPS) is 10.6. The zero-order valence-electron chi connectivity index (χ0n) is 13.1. The molecule has 0 rings (SSSR count). The second kappa shape index (κ2) is 22.0. The molecule has 130 valence electrons. The van der Waals surface area contributed by atoms with Gasteiger partial charge in [-0.2, -0.15) is 0 Å². The third kappa shape index (κ3) is 28.6. The van der Waals surface area contributed by atoms with Crippen molar-refractivity contribution >= 4 is 0 Å². The van der Waals surface area contributed by atoms with Crippen molar-refractivity contribution in [3.63, 3.8) is 0 Å². The van der Waals surface area contributed by atoms with Crippen molar-refractivity contribution in [1.82, 2.24) is 0 Å². The van der Waals surface area contributed by atoms with E-state index in [4.69, 9.17) is 34.6 Å². The Morgan fingerprint density at radius 1 is 0.714 bits per heavy atom. The van der Waals surface area contributed by atoms with Gasteiger partial charge in [-0.3, -0.25) is 0 Å². The summed E-state index contributed by atoms with van der Waals surface area (Å²) < 4.78 is 15.0. The van der Waals surface area contributed by atoms with Crippen LogP contribution >= 0.6 is 0 Å².